The third kappa shape index (κ3) is 4.18. The van der Waals surface area contributed by atoms with Crippen LogP contribution in [0.1, 0.15) is 42.5 Å². The lowest BCUT2D eigenvalue weighted by molar-refractivity contribution is -0.145. The van der Waals surface area contributed by atoms with E-state index in [1.54, 1.807) is 24.3 Å². The number of ether oxygens (including phenoxy) is 2. The Morgan fingerprint density at radius 2 is 1.63 bits per heavy atom. The molecule has 1 aliphatic carbocycles. The van der Waals surface area contributed by atoms with Gasteiger partial charge in [0.05, 0.1) is 25.4 Å². The molecule has 1 saturated carbocycles. The van der Waals surface area contributed by atoms with E-state index in [0.717, 1.165) is 25.7 Å². The first-order valence-electron chi connectivity index (χ1n) is 9.19. The van der Waals surface area contributed by atoms with Gasteiger partial charge in [-0.2, -0.15) is 0 Å². The number of rotatable bonds is 7. The van der Waals surface area contributed by atoms with Crippen molar-refractivity contribution < 1.29 is 28.7 Å². The summed E-state index contributed by atoms with van der Waals surface area (Å²) in [6.07, 6.45) is 3.30. The molecule has 0 unspecified atom stereocenters. The maximum Gasteiger partial charge on any atom is 0.308 e. The van der Waals surface area contributed by atoms with E-state index in [1.165, 1.54) is 12.0 Å². The smallest absolute Gasteiger partial charge is 0.308 e. The Morgan fingerprint density at radius 1 is 1.04 bits per heavy atom. The number of ketones is 1. The van der Waals surface area contributed by atoms with E-state index in [-0.39, 0.29) is 49.0 Å². The van der Waals surface area contributed by atoms with Crippen molar-refractivity contribution in [3.8, 4) is 5.75 Å². The second-order valence-electron chi connectivity index (χ2n) is 6.89. The minimum atomic E-state index is -0.604. The molecule has 0 spiro atoms. The molecular formula is C20H23NO6. The van der Waals surface area contributed by atoms with Crippen LogP contribution in [0, 0.1) is 11.8 Å². The highest BCUT2D eigenvalue weighted by Gasteiger charge is 2.47. The van der Waals surface area contributed by atoms with E-state index in [1.807, 2.05) is 0 Å². The zero-order valence-corrected chi connectivity index (χ0v) is 15.3. The fourth-order valence-electron chi connectivity index (χ4n) is 3.73. The van der Waals surface area contributed by atoms with Crippen molar-refractivity contribution in [2.75, 3.05) is 20.3 Å². The van der Waals surface area contributed by atoms with Crippen LogP contribution in [-0.4, -0.2) is 48.7 Å². The lowest BCUT2D eigenvalue weighted by atomic mass is 9.81. The maximum atomic E-state index is 12.4. The Hall–Kier alpha value is -2.70. The highest BCUT2D eigenvalue weighted by Crippen LogP contribution is 2.37. The number of nitrogens with zero attached hydrogens (tertiary/aromatic N) is 1. The van der Waals surface area contributed by atoms with E-state index < -0.39 is 5.97 Å². The fraction of sp³-hybridized carbons (Fsp3) is 0.500. The van der Waals surface area contributed by atoms with Crippen molar-refractivity contribution in [3.05, 3.63) is 29.8 Å². The minimum absolute atomic E-state index is 0.0141. The second kappa shape index (κ2) is 8.33. The fourth-order valence-corrected chi connectivity index (χ4v) is 3.73. The summed E-state index contributed by atoms with van der Waals surface area (Å²) in [5, 5.41) is 0. The van der Waals surface area contributed by atoms with Gasteiger partial charge in [0, 0.05) is 12.1 Å². The number of Topliss-reactive ketones (excluding diaryl/α,β-unsaturated/α-hetero) is 1. The van der Waals surface area contributed by atoms with Crippen LogP contribution in [0.25, 0.3) is 0 Å². The van der Waals surface area contributed by atoms with Crippen molar-refractivity contribution >= 4 is 23.6 Å². The van der Waals surface area contributed by atoms with Crippen molar-refractivity contribution in [1.82, 2.24) is 4.90 Å². The lowest BCUT2D eigenvalue weighted by Gasteiger charge is -2.19. The van der Waals surface area contributed by atoms with E-state index in [4.69, 9.17) is 9.47 Å². The number of hydrogen-bond acceptors (Lipinski definition) is 6. The molecule has 7 nitrogen and oxygen atoms in total. The molecular weight excluding hydrogens is 350 g/mol. The molecule has 0 bridgehead atoms. The van der Waals surface area contributed by atoms with Crippen LogP contribution in [-0.2, 0) is 19.1 Å². The zero-order chi connectivity index (χ0) is 19.4. The predicted molar refractivity (Wildman–Crippen MR) is 95.1 cm³/mol. The van der Waals surface area contributed by atoms with Gasteiger partial charge in [0.15, 0.2) is 12.4 Å². The normalized spacial score (nSPS) is 21.7. The number of amides is 2. The monoisotopic (exact) mass is 373 g/mol. The third-order valence-electron chi connectivity index (χ3n) is 5.25. The van der Waals surface area contributed by atoms with Gasteiger partial charge in [-0.15, -0.1) is 0 Å². The number of carbonyl (C=O) groups is 4. The summed E-state index contributed by atoms with van der Waals surface area (Å²) < 4.78 is 10.0. The van der Waals surface area contributed by atoms with Crippen LogP contribution in [0.4, 0.5) is 0 Å². The van der Waals surface area contributed by atoms with Crippen LogP contribution in [0.5, 0.6) is 5.75 Å². The predicted octanol–water partition coefficient (Wildman–Crippen LogP) is 1.99. The molecule has 2 aliphatic rings. The highest BCUT2D eigenvalue weighted by molar-refractivity contribution is 6.05. The van der Waals surface area contributed by atoms with Crippen LogP contribution < -0.4 is 4.74 Å². The van der Waals surface area contributed by atoms with Crippen LogP contribution >= 0.6 is 0 Å². The second-order valence-corrected chi connectivity index (χ2v) is 6.89. The Labute approximate surface area is 157 Å². The number of benzene rings is 1. The molecule has 144 valence electrons. The van der Waals surface area contributed by atoms with Gasteiger partial charge >= 0.3 is 5.97 Å². The van der Waals surface area contributed by atoms with Gasteiger partial charge < -0.3 is 9.47 Å². The van der Waals surface area contributed by atoms with E-state index in [9.17, 15) is 19.2 Å². The number of esters is 1. The summed E-state index contributed by atoms with van der Waals surface area (Å²) in [4.78, 5) is 49.9. The van der Waals surface area contributed by atoms with Gasteiger partial charge in [-0.3, -0.25) is 24.1 Å². The summed E-state index contributed by atoms with van der Waals surface area (Å²) in [5.74, 6) is -1.10. The molecule has 0 N–H and O–H groups in total. The molecule has 1 aromatic carbocycles. The molecule has 2 amide bonds. The summed E-state index contributed by atoms with van der Waals surface area (Å²) in [7, 11) is 1.53. The molecule has 27 heavy (non-hydrogen) atoms. The number of hydrogen-bond donors (Lipinski definition) is 0. The number of carbonyl (C=O) groups excluding carboxylic acids is 4. The van der Waals surface area contributed by atoms with Gasteiger partial charge in [0.1, 0.15) is 5.75 Å². The van der Waals surface area contributed by atoms with E-state index in [2.05, 4.69) is 0 Å². The average molecular weight is 373 g/mol. The van der Waals surface area contributed by atoms with Crippen molar-refractivity contribution in [3.63, 3.8) is 0 Å². The number of methoxy groups -OCH3 is 1. The van der Waals surface area contributed by atoms with Gasteiger partial charge in [0.2, 0.25) is 11.8 Å². The van der Waals surface area contributed by atoms with Crippen molar-refractivity contribution in [1.29, 1.82) is 0 Å². The van der Waals surface area contributed by atoms with Gasteiger partial charge in [0.25, 0.3) is 0 Å². The molecule has 2 atom stereocenters. The maximum absolute atomic E-state index is 12.4. The molecule has 0 aromatic heterocycles. The largest absolute Gasteiger partial charge is 0.497 e. The standard InChI is InChI=1S/C20H23NO6/c1-26-14-8-6-13(7-9-14)17(22)12-27-18(23)10-11-21-19(24)15-4-2-3-5-16(15)20(21)25/h6-9,15-16H,2-5,10-12H2,1H3/t15-,16-/m0/s1. The summed E-state index contributed by atoms with van der Waals surface area (Å²) in [6, 6.07) is 6.49. The molecule has 1 aliphatic heterocycles. The van der Waals surface area contributed by atoms with E-state index >= 15 is 0 Å². The van der Waals surface area contributed by atoms with Crippen molar-refractivity contribution in [2.24, 2.45) is 11.8 Å². The molecule has 3 rings (SSSR count). The Bertz CT molecular complexity index is 717. The minimum Gasteiger partial charge on any atom is -0.497 e. The highest BCUT2D eigenvalue weighted by atomic mass is 16.5. The van der Waals surface area contributed by atoms with Gasteiger partial charge in [-0.25, -0.2) is 0 Å². The van der Waals surface area contributed by atoms with Crippen LogP contribution in [0.15, 0.2) is 24.3 Å². The molecule has 1 aromatic rings. The summed E-state index contributed by atoms with van der Waals surface area (Å²) >= 11 is 0. The average Bonchev–Trinajstić information content (AvgIpc) is 2.95. The third-order valence-corrected chi connectivity index (χ3v) is 5.25. The van der Waals surface area contributed by atoms with Gasteiger partial charge in [-0.05, 0) is 37.1 Å². The molecule has 1 saturated heterocycles. The number of fused-ring (bicyclic) bond motifs is 1. The number of imide groups is 1. The first-order valence-corrected chi connectivity index (χ1v) is 9.19. The SMILES string of the molecule is COc1ccc(C(=O)COC(=O)CCN2C(=O)[C@H]3CCCC[C@@H]3C2=O)cc1. The van der Waals surface area contributed by atoms with Crippen LogP contribution in [0.3, 0.4) is 0 Å². The number of likely N-dealkylation sites (tertiary alicyclic amines) is 1. The Morgan fingerprint density at radius 3 is 2.19 bits per heavy atom. The molecule has 0 radical (unpaired) electrons. The Balaban J connectivity index is 1.46. The first kappa shape index (κ1) is 19.1. The quantitative estimate of drug-likeness (QED) is 0.412. The molecule has 1 heterocycles. The zero-order valence-electron chi connectivity index (χ0n) is 15.3. The Kier molecular flexibility index (Phi) is 5.88. The van der Waals surface area contributed by atoms with E-state index in [0.29, 0.717) is 11.3 Å². The van der Waals surface area contributed by atoms with Gasteiger partial charge in [-0.1, -0.05) is 12.8 Å². The summed E-state index contributed by atoms with van der Waals surface area (Å²) in [6.45, 7) is -0.363. The molecule has 7 heteroatoms. The van der Waals surface area contributed by atoms with Crippen LogP contribution in [0.2, 0.25) is 0 Å². The topological polar surface area (TPSA) is 90.0 Å². The molecule has 2 fully saturated rings. The summed E-state index contributed by atoms with van der Waals surface area (Å²) in [5.41, 5.74) is 0.414. The van der Waals surface area contributed by atoms with Crippen molar-refractivity contribution in [2.45, 2.75) is 32.1 Å². The first-order chi connectivity index (χ1) is 13.0. The lowest BCUT2D eigenvalue weighted by Crippen LogP contribution is -2.33.